The van der Waals surface area contributed by atoms with Gasteiger partial charge in [0, 0.05) is 47.4 Å². The fraction of sp³-hybridized carbons (Fsp3) is 0.439. The zero-order chi connectivity index (χ0) is 33.6. The SMILES string of the molecule is CCN(CC)c1ccc2c(-c3ccccc3C(=O)OCCCCCOC(=O)C3CC4C=CC3C4)c3ccc(=[N+](CC)CC)cc-3oc2c1. The van der Waals surface area contributed by atoms with Crippen molar-refractivity contribution in [3.63, 3.8) is 0 Å². The van der Waals surface area contributed by atoms with E-state index in [2.05, 4.69) is 85.7 Å². The summed E-state index contributed by atoms with van der Waals surface area (Å²) in [6.45, 7) is 12.9. The molecule has 0 N–H and O–H groups in total. The standard InChI is InChI=1S/C41H49N2O5/c1-5-42(6-2)30-18-20-34-37(26-30)48-38-27-31(43(7-3)8-4)19-21-35(38)39(34)32-14-10-11-15-33(32)40(44)46-22-12-9-13-23-47-41(45)36-25-28-16-17-29(36)24-28/h10-11,14-21,26-29,36H,5-9,12-13,22-25H2,1-4H3/q+1. The van der Waals surface area contributed by atoms with Crippen molar-refractivity contribution in [1.29, 1.82) is 0 Å². The van der Waals surface area contributed by atoms with Gasteiger partial charge in [-0.15, -0.1) is 0 Å². The molecule has 3 aliphatic carbocycles. The van der Waals surface area contributed by atoms with Crippen LogP contribution in [-0.4, -0.2) is 51.3 Å². The number of hydrogen-bond acceptors (Lipinski definition) is 6. The van der Waals surface area contributed by atoms with Crippen LogP contribution < -0.4 is 14.8 Å². The first-order valence-corrected chi connectivity index (χ1v) is 17.9. The van der Waals surface area contributed by atoms with E-state index in [0.717, 1.165) is 96.3 Å². The van der Waals surface area contributed by atoms with Crippen molar-refractivity contribution in [3.05, 3.63) is 83.7 Å². The molecule has 0 radical (unpaired) electrons. The summed E-state index contributed by atoms with van der Waals surface area (Å²) in [5, 5.41) is 2.05. The predicted molar refractivity (Wildman–Crippen MR) is 192 cm³/mol. The van der Waals surface area contributed by atoms with Crippen molar-refractivity contribution in [3.8, 4) is 22.5 Å². The van der Waals surface area contributed by atoms with E-state index in [1.54, 1.807) is 0 Å². The Labute approximate surface area is 284 Å². The van der Waals surface area contributed by atoms with E-state index in [1.807, 2.05) is 24.3 Å². The Morgan fingerprint density at radius 2 is 1.60 bits per heavy atom. The fourth-order valence-corrected chi connectivity index (χ4v) is 7.56. The molecule has 2 aromatic rings. The second-order valence-corrected chi connectivity index (χ2v) is 13.0. The Hall–Kier alpha value is -4.39. The highest BCUT2D eigenvalue weighted by atomic mass is 16.5. The van der Waals surface area contributed by atoms with Crippen LogP contribution in [0, 0.1) is 17.8 Å². The number of nitrogens with zero attached hydrogens (tertiary/aromatic N) is 2. The van der Waals surface area contributed by atoms with Crippen molar-refractivity contribution in [1.82, 2.24) is 4.58 Å². The number of rotatable bonds is 14. The minimum atomic E-state index is -0.344. The molecule has 3 atom stereocenters. The van der Waals surface area contributed by atoms with Crippen molar-refractivity contribution in [2.75, 3.05) is 44.3 Å². The normalized spacial score (nSPS) is 18.0. The fourth-order valence-electron chi connectivity index (χ4n) is 7.56. The first-order valence-electron chi connectivity index (χ1n) is 17.9. The Morgan fingerprint density at radius 1 is 0.833 bits per heavy atom. The van der Waals surface area contributed by atoms with E-state index in [9.17, 15) is 9.59 Å². The summed E-state index contributed by atoms with van der Waals surface area (Å²) in [5.74, 6) is 1.32. The second kappa shape index (κ2) is 15.2. The van der Waals surface area contributed by atoms with Gasteiger partial charge in [-0.25, -0.2) is 9.37 Å². The first kappa shape index (κ1) is 33.5. The molecule has 2 aromatic carbocycles. The largest absolute Gasteiger partial charge is 0.465 e. The Bertz CT molecular complexity index is 1830. The van der Waals surface area contributed by atoms with Gasteiger partial charge >= 0.3 is 11.9 Å². The lowest BCUT2D eigenvalue weighted by Crippen LogP contribution is -2.29. The first-order chi connectivity index (χ1) is 23.4. The molecule has 1 fully saturated rings. The maximum Gasteiger partial charge on any atom is 0.338 e. The number of benzene rings is 3. The van der Waals surface area contributed by atoms with E-state index >= 15 is 0 Å². The zero-order valence-electron chi connectivity index (χ0n) is 28.9. The molecular formula is C41H49N2O5+. The summed E-state index contributed by atoms with van der Waals surface area (Å²) >= 11 is 0. The molecule has 252 valence electrons. The molecule has 4 aliphatic rings. The molecule has 1 heterocycles. The monoisotopic (exact) mass is 649 g/mol. The molecule has 6 rings (SSSR count). The number of carbonyl (C=O) groups excluding carboxylic acids is 2. The highest BCUT2D eigenvalue weighted by molar-refractivity contribution is 6.08. The number of anilines is 1. The second-order valence-electron chi connectivity index (χ2n) is 13.0. The van der Waals surface area contributed by atoms with E-state index in [4.69, 9.17) is 13.9 Å². The molecule has 7 heteroatoms. The lowest BCUT2D eigenvalue weighted by atomic mass is 9.90. The van der Waals surface area contributed by atoms with Crippen molar-refractivity contribution < 1.29 is 23.5 Å². The number of unbranched alkanes of at least 4 members (excludes halogenated alkanes) is 2. The van der Waals surface area contributed by atoms with Gasteiger partial charge in [0.15, 0.2) is 0 Å². The number of allylic oxidation sites excluding steroid dienone is 2. The van der Waals surface area contributed by atoms with Gasteiger partial charge in [0.05, 0.1) is 30.8 Å². The van der Waals surface area contributed by atoms with Crippen LogP contribution in [0.15, 0.2) is 77.2 Å². The molecule has 0 saturated heterocycles. The summed E-state index contributed by atoms with van der Waals surface area (Å²) < 4.78 is 20.3. The molecule has 48 heavy (non-hydrogen) atoms. The third kappa shape index (κ3) is 6.92. The Balaban J connectivity index is 1.21. The van der Waals surface area contributed by atoms with Gasteiger partial charge in [-0.2, -0.15) is 0 Å². The molecule has 0 spiro atoms. The Kier molecular flexibility index (Phi) is 10.6. The summed E-state index contributed by atoms with van der Waals surface area (Å²) in [7, 11) is 0. The van der Waals surface area contributed by atoms with Crippen molar-refractivity contribution >= 4 is 28.6 Å². The van der Waals surface area contributed by atoms with Gasteiger partial charge in [-0.3, -0.25) is 4.79 Å². The number of esters is 2. The van der Waals surface area contributed by atoms with Gasteiger partial charge < -0.3 is 18.8 Å². The highest BCUT2D eigenvalue weighted by Gasteiger charge is 2.40. The topological polar surface area (TPSA) is 72.0 Å². The van der Waals surface area contributed by atoms with Gasteiger partial charge in [0.2, 0.25) is 5.36 Å². The van der Waals surface area contributed by atoms with Gasteiger partial charge in [-0.1, -0.05) is 30.4 Å². The summed E-state index contributed by atoms with van der Waals surface area (Å²) in [6, 6.07) is 20.4. The minimum absolute atomic E-state index is 0.0300. The van der Waals surface area contributed by atoms with Crippen LogP contribution >= 0.6 is 0 Å². The average Bonchev–Trinajstić information content (AvgIpc) is 3.76. The minimum Gasteiger partial charge on any atom is -0.465 e. The number of hydrogen-bond donors (Lipinski definition) is 0. The van der Waals surface area contributed by atoms with E-state index in [1.165, 1.54) is 0 Å². The molecular weight excluding hydrogens is 600 g/mol. The van der Waals surface area contributed by atoms with E-state index in [0.29, 0.717) is 37.0 Å². The van der Waals surface area contributed by atoms with Crippen LogP contribution in [0.1, 0.15) is 70.2 Å². The van der Waals surface area contributed by atoms with Crippen LogP contribution in [0.4, 0.5) is 5.69 Å². The highest BCUT2D eigenvalue weighted by Crippen LogP contribution is 2.44. The number of carbonyl (C=O) groups is 2. The molecule has 0 aromatic heterocycles. The molecule has 1 saturated carbocycles. The molecule has 3 unspecified atom stereocenters. The molecule has 2 bridgehead atoms. The zero-order valence-corrected chi connectivity index (χ0v) is 28.9. The third-order valence-electron chi connectivity index (χ3n) is 10.2. The smallest absolute Gasteiger partial charge is 0.338 e. The molecule has 7 nitrogen and oxygen atoms in total. The molecule has 0 amide bonds. The van der Waals surface area contributed by atoms with Crippen molar-refractivity contribution in [2.45, 2.75) is 59.8 Å². The number of fused-ring (bicyclic) bond motifs is 4. The van der Waals surface area contributed by atoms with Gasteiger partial charge in [0.1, 0.15) is 24.4 Å². The lowest BCUT2D eigenvalue weighted by molar-refractivity contribution is -0.149. The van der Waals surface area contributed by atoms with Crippen LogP contribution in [-0.2, 0) is 14.3 Å². The Morgan fingerprint density at radius 3 is 2.31 bits per heavy atom. The third-order valence-corrected chi connectivity index (χ3v) is 10.2. The molecule has 1 aliphatic heterocycles. The van der Waals surface area contributed by atoms with Gasteiger partial charge in [-0.05, 0) is 101 Å². The van der Waals surface area contributed by atoms with Crippen LogP contribution in [0.25, 0.3) is 33.4 Å². The van der Waals surface area contributed by atoms with E-state index in [-0.39, 0.29) is 17.9 Å². The summed E-state index contributed by atoms with van der Waals surface area (Å²) in [4.78, 5) is 28.4. The van der Waals surface area contributed by atoms with E-state index < -0.39 is 0 Å². The van der Waals surface area contributed by atoms with Crippen LogP contribution in [0.5, 0.6) is 0 Å². The maximum atomic E-state index is 13.6. The summed E-state index contributed by atoms with van der Waals surface area (Å²) in [6.07, 6.45) is 8.72. The lowest BCUT2D eigenvalue weighted by Gasteiger charge is -2.22. The van der Waals surface area contributed by atoms with Gasteiger partial charge in [0.25, 0.3) is 0 Å². The average molecular weight is 650 g/mol. The van der Waals surface area contributed by atoms with Crippen LogP contribution in [0.3, 0.4) is 0 Å². The van der Waals surface area contributed by atoms with Crippen LogP contribution in [0.2, 0.25) is 0 Å². The predicted octanol–water partition coefficient (Wildman–Crippen LogP) is 7.95. The maximum absolute atomic E-state index is 13.6. The quantitative estimate of drug-likeness (QED) is 0.0454. The number of ether oxygens (including phenoxy) is 2. The summed E-state index contributed by atoms with van der Waals surface area (Å²) in [5.41, 5.74) is 5.14. The van der Waals surface area contributed by atoms with Crippen molar-refractivity contribution in [2.24, 2.45) is 17.8 Å².